The Labute approximate surface area is 220 Å². The van der Waals surface area contributed by atoms with Crippen LogP contribution in [0.15, 0.2) is 36.7 Å². The number of primary amides is 1. The normalized spacial score (nSPS) is 16.8. The van der Waals surface area contributed by atoms with Gasteiger partial charge in [0.2, 0.25) is 5.91 Å². The molecule has 1 fully saturated rings. The van der Waals surface area contributed by atoms with Gasteiger partial charge in [0.1, 0.15) is 11.3 Å². The van der Waals surface area contributed by atoms with Gasteiger partial charge >= 0.3 is 6.18 Å². The van der Waals surface area contributed by atoms with Crippen molar-refractivity contribution in [1.29, 1.82) is 0 Å². The minimum Gasteiger partial charge on any atom is -0.380 e. The van der Waals surface area contributed by atoms with Crippen molar-refractivity contribution in [2.24, 2.45) is 5.73 Å². The van der Waals surface area contributed by atoms with Crippen molar-refractivity contribution in [3.05, 3.63) is 59.2 Å². The number of fused-ring (bicyclic) bond motifs is 1. The standard InChI is InChI=1S/C17H28N2O2.C10H8F3N3O/c1-4-15-6-8-18-10-16(15)13-21-17-7-9-19(11-17)14(3)12-20-5-2;11-10(12,13)5-2-1-3-6-9(5)16-8(15-6)4-7(14)17/h6,8,10,14,17H,4-5,7,9,11-13H2,1-3H3;1-3H,4H2,(H2,14,17)(H,15,16). The maximum absolute atomic E-state index is 12.6. The van der Waals surface area contributed by atoms with E-state index >= 15 is 0 Å². The smallest absolute Gasteiger partial charge is 0.380 e. The Hall–Kier alpha value is -3.02. The predicted molar refractivity (Wildman–Crippen MR) is 138 cm³/mol. The Kier molecular flexibility index (Phi) is 10.6. The summed E-state index contributed by atoms with van der Waals surface area (Å²) in [5, 5.41) is 0. The summed E-state index contributed by atoms with van der Waals surface area (Å²) in [6.07, 6.45) is 1.57. The minimum absolute atomic E-state index is 0.129. The molecule has 1 amide bonds. The van der Waals surface area contributed by atoms with E-state index in [1.165, 1.54) is 23.3 Å². The van der Waals surface area contributed by atoms with Crippen LogP contribution in [0.4, 0.5) is 13.2 Å². The Balaban J connectivity index is 0.000000215. The number of amides is 1. The van der Waals surface area contributed by atoms with Crippen molar-refractivity contribution in [2.75, 3.05) is 26.3 Å². The van der Waals surface area contributed by atoms with Crippen molar-refractivity contribution in [3.63, 3.8) is 0 Å². The molecule has 38 heavy (non-hydrogen) atoms. The minimum atomic E-state index is -4.47. The van der Waals surface area contributed by atoms with Gasteiger partial charge in [-0.1, -0.05) is 13.0 Å². The molecular weight excluding hydrogens is 499 g/mol. The highest BCUT2D eigenvalue weighted by Crippen LogP contribution is 2.33. The third kappa shape index (κ3) is 8.24. The van der Waals surface area contributed by atoms with E-state index in [0.29, 0.717) is 18.8 Å². The number of alkyl halides is 3. The molecule has 3 aromatic rings. The maximum Gasteiger partial charge on any atom is 0.418 e. The molecule has 1 saturated heterocycles. The molecule has 0 spiro atoms. The molecule has 2 aromatic heterocycles. The third-order valence-electron chi connectivity index (χ3n) is 6.43. The number of hydrogen-bond donors (Lipinski definition) is 2. The lowest BCUT2D eigenvalue weighted by atomic mass is 10.1. The van der Waals surface area contributed by atoms with Crippen LogP contribution < -0.4 is 5.73 Å². The second-order valence-electron chi connectivity index (χ2n) is 9.25. The molecule has 2 unspecified atom stereocenters. The predicted octanol–water partition coefficient (Wildman–Crippen LogP) is 4.27. The molecule has 1 aromatic carbocycles. The van der Waals surface area contributed by atoms with Crippen LogP contribution in [-0.2, 0) is 39.9 Å². The van der Waals surface area contributed by atoms with Crippen LogP contribution in [0.25, 0.3) is 11.0 Å². The van der Waals surface area contributed by atoms with E-state index in [9.17, 15) is 18.0 Å². The quantitative estimate of drug-likeness (QED) is 0.402. The van der Waals surface area contributed by atoms with Gasteiger partial charge in [-0.25, -0.2) is 4.98 Å². The first kappa shape index (κ1) is 29.5. The van der Waals surface area contributed by atoms with Crippen LogP contribution in [0.5, 0.6) is 0 Å². The highest BCUT2D eigenvalue weighted by atomic mass is 19.4. The average Bonchev–Trinajstić information content (AvgIpc) is 3.52. The number of carbonyl (C=O) groups excluding carboxylic acids is 1. The number of halogens is 3. The Morgan fingerprint density at radius 2 is 2.05 bits per heavy atom. The summed E-state index contributed by atoms with van der Waals surface area (Å²) in [4.78, 5) is 23.7. The van der Waals surface area contributed by atoms with Gasteiger partial charge < -0.3 is 20.2 Å². The van der Waals surface area contributed by atoms with Gasteiger partial charge in [-0.3, -0.25) is 14.7 Å². The number of aryl methyl sites for hydroxylation is 1. The summed E-state index contributed by atoms with van der Waals surface area (Å²) in [6, 6.07) is 6.24. The molecule has 0 saturated carbocycles. The first-order valence-corrected chi connectivity index (χ1v) is 12.8. The summed E-state index contributed by atoms with van der Waals surface area (Å²) < 4.78 is 49.5. The van der Waals surface area contributed by atoms with Crippen LogP contribution in [0.2, 0.25) is 0 Å². The van der Waals surface area contributed by atoms with Gasteiger partial charge in [0.25, 0.3) is 0 Å². The van der Waals surface area contributed by atoms with Gasteiger partial charge in [0.05, 0.1) is 36.8 Å². The van der Waals surface area contributed by atoms with E-state index in [-0.39, 0.29) is 23.3 Å². The van der Waals surface area contributed by atoms with E-state index < -0.39 is 17.6 Å². The van der Waals surface area contributed by atoms with Crippen molar-refractivity contribution in [1.82, 2.24) is 19.9 Å². The van der Waals surface area contributed by atoms with Crippen LogP contribution in [0, 0.1) is 0 Å². The number of rotatable bonds is 10. The number of imidazole rings is 1. The molecule has 4 rings (SSSR count). The van der Waals surface area contributed by atoms with Crippen molar-refractivity contribution < 1.29 is 27.4 Å². The van der Waals surface area contributed by atoms with Crippen LogP contribution >= 0.6 is 0 Å². The van der Waals surface area contributed by atoms with Gasteiger partial charge in [-0.15, -0.1) is 0 Å². The average molecular weight is 536 g/mol. The molecule has 11 heteroatoms. The molecule has 3 heterocycles. The summed E-state index contributed by atoms with van der Waals surface area (Å²) in [5.74, 6) is -0.526. The van der Waals surface area contributed by atoms with E-state index in [4.69, 9.17) is 15.2 Å². The monoisotopic (exact) mass is 535 g/mol. The highest BCUT2D eigenvalue weighted by molar-refractivity contribution is 5.81. The third-order valence-corrected chi connectivity index (χ3v) is 6.43. The first-order chi connectivity index (χ1) is 18.1. The Bertz CT molecular complexity index is 1180. The maximum atomic E-state index is 12.6. The number of hydrogen-bond acceptors (Lipinski definition) is 6. The molecule has 1 aliphatic rings. The molecule has 0 aliphatic carbocycles. The zero-order valence-electron chi connectivity index (χ0n) is 22.1. The van der Waals surface area contributed by atoms with Crippen molar-refractivity contribution in [3.8, 4) is 0 Å². The van der Waals surface area contributed by atoms with Crippen molar-refractivity contribution in [2.45, 2.75) is 65.0 Å². The number of aromatic nitrogens is 3. The van der Waals surface area contributed by atoms with Crippen LogP contribution in [-0.4, -0.2) is 64.2 Å². The van der Waals surface area contributed by atoms with Crippen molar-refractivity contribution >= 4 is 16.9 Å². The number of nitrogens with one attached hydrogen (secondary N) is 1. The highest BCUT2D eigenvalue weighted by Gasteiger charge is 2.33. The number of likely N-dealkylation sites (tertiary alicyclic amines) is 1. The summed E-state index contributed by atoms with van der Waals surface area (Å²) >= 11 is 0. The number of H-pyrrole nitrogens is 1. The molecule has 0 radical (unpaired) electrons. The number of nitrogens with two attached hydrogens (primary N) is 1. The second kappa shape index (κ2) is 13.7. The lowest BCUT2D eigenvalue weighted by Gasteiger charge is -2.24. The topological polar surface area (TPSA) is 106 Å². The summed E-state index contributed by atoms with van der Waals surface area (Å²) in [7, 11) is 0. The van der Waals surface area contributed by atoms with E-state index in [2.05, 4.69) is 39.8 Å². The molecular formula is C27H36F3N5O3. The fourth-order valence-corrected chi connectivity index (χ4v) is 4.38. The zero-order valence-corrected chi connectivity index (χ0v) is 22.1. The lowest BCUT2D eigenvalue weighted by Crippen LogP contribution is -2.35. The summed E-state index contributed by atoms with van der Waals surface area (Å²) in [6.45, 7) is 10.8. The van der Waals surface area contributed by atoms with Crippen LogP contribution in [0.3, 0.4) is 0 Å². The molecule has 1 aliphatic heterocycles. The Morgan fingerprint density at radius 1 is 1.26 bits per heavy atom. The lowest BCUT2D eigenvalue weighted by molar-refractivity contribution is -0.136. The van der Waals surface area contributed by atoms with Gasteiger partial charge in [-0.05, 0) is 56.0 Å². The number of pyridine rings is 1. The fraction of sp³-hybridized carbons (Fsp3) is 0.519. The molecule has 0 bridgehead atoms. The number of carbonyl (C=O) groups is 1. The van der Waals surface area contributed by atoms with Gasteiger partial charge in [-0.2, -0.15) is 13.2 Å². The fourth-order valence-electron chi connectivity index (χ4n) is 4.38. The van der Waals surface area contributed by atoms with Gasteiger partial charge in [0, 0.05) is 38.1 Å². The van der Waals surface area contributed by atoms with Crippen LogP contribution in [0.1, 0.15) is 49.7 Å². The number of aromatic amines is 1. The number of nitrogens with zero attached hydrogens (tertiary/aromatic N) is 3. The van der Waals surface area contributed by atoms with E-state index in [1.807, 2.05) is 19.3 Å². The Morgan fingerprint density at radius 3 is 2.74 bits per heavy atom. The zero-order chi connectivity index (χ0) is 27.7. The number of ether oxygens (including phenoxy) is 2. The SMILES string of the molecule is CCOCC(C)N1CCC(OCc2cnccc2CC)C1.NC(=O)Cc1nc2c(C(F)(F)F)cccc2[nH]1. The molecule has 208 valence electrons. The first-order valence-electron chi connectivity index (χ1n) is 12.8. The number of benzene rings is 1. The van der Waals surface area contributed by atoms with E-state index in [0.717, 1.165) is 45.2 Å². The largest absolute Gasteiger partial charge is 0.418 e. The number of para-hydroxylation sites is 1. The van der Waals surface area contributed by atoms with E-state index in [1.54, 1.807) is 0 Å². The summed E-state index contributed by atoms with van der Waals surface area (Å²) in [5.41, 5.74) is 6.71. The molecule has 8 nitrogen and oxygen atoms in total. The van der Waals surface area contributed by atoms with Gasteiger partial charge in [0.15, 0.2) is 0 Å². The molecule has 2 atom stereocenters. The second-order valence-corrected chi connectivity index (χ2v) is 9.25. The molecule has 3 N–H and O–H groups in total.